The standard InChI is InChI=1S/C24H38N4O4/c1-6-25-23(27-18-24(4,29)22-10-9-14-32-22)26-17-19-11-12-20(21(16-19)30-5)31-15-13-28(7-2)8-3/h9-12,14,16,29H,6-8,13,15,17-18H2,1-5H3,(H2,25,26,27). The zero-order valence-electron chi connectivity index (χ0n) is 20.0. The van der Waals surface area contributed by atoms with Crippen LogP contribution < -0.4 is 20.1 Å². The number of likely N-dealkylation sites (N-methyl/N-ethyl adjacent to an activating group) is 1. The number of hydrogen-bond acceptors (Lipinski definition) is 6. The molecule has 8 heteroatoms. The molecule has 3 N–H and O–H groups in total. The van der Waals surface area contributed by atoms with Crippen LogP contribution in [0.15, 0.2) is 46.0 Å². The molecule has 8 nitrogen and oxygen atoms in total. The van der Waals surface area contributed by atoms with E-state index in [0.717, 1.165) is 30.9 Å². The van der Waals surface area contributed by atoms with Crippen molar-refractivity contribution in [2.24, 2.45) is 4.99 Å². The molecule has 0 saturated heterocycles. The number of methoxy groups -OCH3 is 1. The Kier molecular flexibility index (Phi) is 10.4. The van der Waals surface area contributed by atoms with E-state index in [2.05, 4.69) is 34.4 Å². The third kappa shape index (κ3) is 7.76. The van der Waals surface area contributed by atoms with Crippen LogP contribution in [0.1, 0.15) is 39.0 Å². The zero-order valence-corrected chi connectivity index (χ0v) is 20.0. The van der Waals surface area contributed by atoms with Crippen molar-refractivity contribution in [3.63, 3.8) is 0 Å². The predicted molar refractivity (Wildman–Crippen MR) is 127 cm³/mol. The van der Waals surface area contributed by atoms with Crippen molar-refractivity contribution in [3.05, 3.63) is 47.9 Å². The molecule has 1 unspecified atom stereocenters. The van der Waals surface area contributed by atoms with E-state index in [4.69, 9.17) is 13.9 Å². The van der Waals surface area contributed by atoms with Crippen molar-refractivity contribution in [2.45, 2.75) is 39.8 Å². The minimum Gasteiger partial charge on any atom is -0.493 e. The maximum Gasteiger partial charge on any atom is 0.191 e. The first kappa shape index (κ1) is 25.5. The molecule has 32 heavy (non-hydrogen) atoms. The zero-order chi connectivity index (χ0) is 23.4. The molecule has 2 rings (SSSR count). The summed E-state index contributed by atoms with van der Waals surface area (Å²) in [5.41, 5.74) is -0.152. The Hall–Kier alpha value is -2.71. The van der Waals surface area contributed by atoms with E-state index >= 15 is 0 Å². The SMILES string of the molecule is CCNC(=NCc1ccc(OCCN(CC)CC)c(OC)c1)NCC(C)(O)c1ccco1. The fraction of sp³-hybridized carbons (Fsp3) is 0.542. The average molecular weight is 447 g/mol. The Balaban J connectivity index is 1.98. The normalized spacial score (nSPS) is 13.7. The quantitative estimate of drug-likeness (QED) is 0.322. The lowest BCUT2D eigenvalue weighted by atomic mass is 10.0. The third-order valence-electron chi connectivity index (χ3n) is 5.20. The molecule has 0 aliphatic rings. The Morgan fingerprint density at radius 2 is 1.94 bits per heavy atom. The topological polar surface area (TPSA) is 91.5 Å². The van der Waals surface area contributed by atoms with Crippen LogP contribution in [0.3, 0.4) is 0 Å². The predicted octanol–water partition coefficient (Wildman–Crippen LogP) is 2.97. The second kappa shape index (κ2) is 13.0. The molecule has 2 aromatic rings. The molecule has 0 radical (unpaired) electrons. The number of rotatable bonds is 13. The first-order chi connectivity index (χ1) is 15.4. The second-order valence-corrected chi connectivity index (χ2v) is 7.66. The van der Waals surface area contributed by atoms with Gasteiger partial charge in [-0.3, -0.25) is 0 Å². The van der Waals surface area contributed by atoms with Crippen molar-refractivity contribution in [1.29, 1.82) is 0 Å². The number of hydrogen-bond donors (Lipinski definition) is 3. The largest absolute Gasteiger partial charge is 0.493 e. The Morgan fingerprint density at radius 1 is 1.16 bits per heavy atom. The van der Waals surface area contributed by atoms with Gasteiger partial charge in [0.05, 0.1) is 26.5 Å². The first-order valence-electron chi connectivity index (χ1n) is 11.2. The molecule has 0 fully saturated rings. The molecule has 1 heterocycles. The van der Waals surface area contributed by atoms with Gasteiger partial charge in [-0.05, 0) is 56.8 Å². The van der Waals surface area contributed by atoms with Crippen LogP contribution in [-0.4, -0.2) is 62.4 Å². The van der Waals surface area contributed by atoms with Gasteiger partial charge in [-0.15, -0.1) is 0 Å². The smallest absolute Gasteiger partial charge is 0.191 e. The fourth-order valence-corrected chi connectivity index (χ4v) is 3.19. The molecule has 0 saturated carbocycles. The van der Waals surface area contributed by atoms with Crippen LogP contribution in [-0.2, 0) is 12.1 Å². The van der Waals surface area contributed by atoms with E-state index in [1.807, 2.05) is 25.1 Å². The molecule has 0 amide bonds. The van der Waals surface area contributed by atoms with Gasteiger partial charge in [0.1, 0.15) is 18.0 Å². The van der Waals surface area contributed by atoms with Crippen LogP contribution in [0.25, 0.3) is 0 Å². The van der Waals surface area contributed by atoms with Gasteiger partial charge in [-0.1, -0.05) is 19.9 Å². The number of aliphatic imine (C=N–C) groups is 1. The average Bonchev–Trinajstić information content (AvgIpc) is 3.35. The summed E-state index contributed by atoms with van der Waals surface area (Å²) in [6.45, 7) is 12.9. The number of nitrogens with zero attached hydrogens (tertiary/aromatic N) is 2. The highest BCUT2D eigenvalue weighted by Crippen LogP contribution is 2.28. The molecule has 1 aromatic carbocycles. The van der Waals surface area contributed by atoms with Gasteiger partial charge in [0.2, 0.25) is 0 Å². The second-order valence-electron chi connectivity index (χ2n) is 7.66. The van der Waals surface area contributed by atoms with E-state index < -0.39 is 5.60 Å². The number of guanidine groups is 1. The van der Waals surface area contributed by atoms with Crippen LogP contribution >= 0.6 is 0 Å². The van der Waals surface area contributed by atoms with Crippen molar-refractivity contribution < 1.29 is 19.0 Å². The Labute approximate surface area is 191 Å². The Morgan fingerprint density at radius 3 is 2.56 bits per heavy atom. The van der Waals surface area contributed by atoms with Crippen molar-refractivity contribution >= 4 is 5.96 Å². The van der Waals surface area contributed by atoms with Crippen molar-refractivity contribution in [2.75, 3.05) is 46.4 Å². The molecule has 0 bridgehead atoms. The van der Waals surface area contributed by atoms with Gasteiger partial charge in [-0.25, -0.2) is 4.99 Å². The highest BCUT2D eigenvalue weighted by molar-refractivity contribution is 5.79. The lowest BCUT2D eigenvalue weighted by molar-refractivity contribution is 0.0386. The van der Waals surface area contributed by atoms with E-state index in [-0.39, 0.29) is 6.54 Å². The molecular weight excluding hydrogens is 408 g/mol. The molecule has 0 aliphatic carbocycles. The third-order valence-corrected chi connectivity index (χ3v) is 5.20. The van der Waals surface area contributed by atoms with Crippen LogP contribution in [0, 0.1) is 0 Å². The van der Waals surface area contributed by atoms with Gasteiger partial charge in [0, 0.05) is 13.1 Å². The lowest BCUT2D eigenvalue weighted by Gasteiger charge is -2.22. The Bertz CT molecular complexity index is 817. The summed E-state index contributed by atoms with van der Waals surface area (Å²) in [7, 11) is 1.64. The highest BCUT2D eigenvalue weighted by atomic mass is 16.5. The number of aliphatic hydroxyl groups is 1. The highest BCUT2D eigenvalue weighted by Gasteiger charge is 2.26. The molecule has 0 spiro atoms. The van der Waals surface area contributed by atoms with Gasteiger partial charge in [-0.2, -0.15) is 0 Å². The van der Waals surface area contributed by atoms with E-state index in [0.29, 0.717) is 37.2 Å². The summed E-state index contributed by atoms with van der Waals surface area (Å²) in [4.78, 5) is 6.94. The summed E-state index contributed by atoms with van der Waals surface area (Å²) in [5.74, 6) is 2.53. The van der Waals surface area contributed by atoms with Crippen molar-refractivity contribution in [1.82, 2.24) is 15.5 Å². The van der Waals surface area contributed by atoms with Gasteiger partial charge in [0.15, 0.2) is 17.5 Å². The summed E-state index contributed by atoms with van der Waals surface area (Å²) in [5, 5.41) is 17.0. The monoisotopic (exact) mass is 446 g/mol. The van der Waals surface area contributed by atoms with Crippen LogP contribution in [0.4, 0.5) is 0 Å². The van der Waals surface area contributed by atoms with E-state index in [1.54, 1.807) is 32.4 Å². The maximum atomic E-state index is 10.6. The minimum atomic E-state index is -1.15. The number of nitrogens with one attached hydrogen (secondary N) is 2. The van der Waals surface area contributed by atoms with E-state index in [9.17, 15) is 5.11 Å². The summed E-state index contributed by atoms with van der Waals surface area (Å²) in [6.07, 6.45) is 1.55. The van der Waals surface area contributed by atoms with Gasteiger partial charge >= 0.3 is 0 Å². The number of benzene rings is 1. The summed E-state index contributed by atoms with van der Waals surface area (Å²) in [6, 6.07) is 9.37. The fourth-order valence-electron chi connectivity index (χ4n) is 3.19. The van der Waals surface area contributed by atoms with Crippen molar-refractivity contribution in [3.8, 4) is 11.5 Å². The lowest BCUT2D eigenvalue weighted by Crippen LogP contribution is -2.44. The summed E-state index contributed by atoms with van der Waals surface area (Å²) >= 11 is 0. The van der Waals surface area contributed by atoms with Gasteiger partial charge in [0.25, 0.3) is 0 Å². The number of furan rings is 1. The molecule has 178 valence electrons. The molecule has 0 aliphatic heterocycles. The molecule has 1 aromatic heterocycles. The molecule has 1 atom stereocenters. The minimum absolute atomic E-state index is 0.259. The van der Waals surface area contributed by atoms with E-state index in [1.165, 1.54) is 0 Å². The van der Waals surface area contributed by atoms with Crippen LogP contribution in [0.2, 0.25) is 0 Å². The van der Waals surface area contributed by atoms with Gasteiger partial charge < -0.3 is 34.5 Å². The summed E-state index contributed by atoms with van der Waals surface area (Å²) < 4.78 is 16.8. The number of ether oxygens (including phenoxy) is 2. The molecular formula is C24H38N4O4. The first-order valence-corrected chi connectivity index (χ1v) is 11.2. The maximum absolute atomic E-state index is 10.6. The van der Waals surface area contributed by atoms with Crippen LogP contribution in [0.5, 0.6) is 11.5 Å².